The van der Waals surface area contributed by atoms with Crippen molar-refractivity contribution in [2.75, 3.05) is 11.9 Å². The van der Waals surface area contributed by atoms with Crippen LogP contribution in [0.5, 0.6) is 0 Å². The van der Waals surface area contributed by atoms with Crippen LogP contribution in [-0.2, 0) is 11.8 Å². The molecule has 4 rings (SSSR count). The largest absolute Gasteiger partial charge is 0.362 e. The lowest BCUT2D eigenvalue weighted by atomic mass is 9.49. The molecule has 3 atom stereocenters. The molecular weight excluding hydrogens is 396 g/mol. The lowest BCUT2D eigenvalue weighted by Gasteiger charge is -2.55. The Morgan fingerprint density at radius 2 is 1.94 bits per heavy atom. The lowest BCUT2D eigenvalue weighted by Crippen LogP contribution is -2.53. The molecule has 2 aromatic rings. The molecule has 0 aromatic heterocycles. The highest BCUT2D eigenvalue weighted by molar-refractivity contribution is 7.80. The molecule has 0 radical (unpaired) electrons. The summed E-state index contributed by atoms with van der Waals surface area (Å²) < 4.78 is 0. The first-order valence-electron chi connectivity index (χ1n) is 12.0. The third-order valence-corrected chi connectivity index (χ3v) is 8.34. The topological polar surface area (TPSA) is 24.1 Å². The van der Waals surface area contributed by atoms with E-state index in [-0.39, 0.29) is 10.8 Å². The van der Waals surface area contributed by atoms with E-state index in [4.69, 9.17) is 12.2 Å². The predicted molar refractivity (Wildman–Crippen MR) is 137 cm³/mol. The van der Waals surface area contributed by atoms with Crippen LogP contribution in [0.1, 0.15) is 81.5 Å². The molecule has 31 heavy (non-hydrogen) atoms. The molecule has 0 saturated heterocycles. The summed E-state index contributed by atoms with van der Waals surface area (Å²) in [5, 5.41) is 7.69. The number of hydrogen-bond acceptors (Lipinski definition) is 1. The van der Waals surface area contributed by atoms with Crippen LogP contribution in [0, 0.1) is 18.3 Å². The van der Waals surface area contributed by atoms with E-state index in [2.05, 4.69) is 87.7 Å². The highest BCUT2D eigenvalue weighted by Crippen LogP contribution is 2.57. The molecule has 0 aliphatic heterocycles. The van der Waals surface area contributed by atoms with E-state index < -0.39 is 0 Å². The molecule has 0 unspecified atom stereocenters. The molecule has 0 heterocycles. The zero-order chi connectivity index (χ0) is 22.2. The van der Waals surface area contributed by atoms with Gasteiger partial charge in [-0.2, -0.15) is 0 Å². The van der Waals surface area contributed by atoms with Crippen LogP contribution in [0.2, 0.25) is 0 Å². The lowest BCUT2D eigenvalue weighted by molar-refractivity contribution is 0.0294. The Balaban J connectivity index is 1.50. The first-order valence-corrected chi connectivity index (χ1v) is 12.4. The Hall–Kier alpha value is -1.87. The fraction of sp³-hybridized carbons (Fsp3) is 0.536. The molecule has 1 fully saturated rings. The summed E-state index contributed by atoms with van der Waals surface area (Å²) in [5.74, 6) is 1.28. The normalized spacial score (nSPS) is 27.4. The van der Waals surface area contributed by atoms with Gasteiger partial charge in [0.2, 0.25) is 0 Å². The maximum Gasteiger partial charge on any atom is 0.170 e. The zero-order valence-corrected chi connectivity index (χ0v) is 20.7. The van der Waals surface area contributed by atoms with Crippen molar-refractivity contribution >= 4 is 23.0 Å². The maximum atomic E-state index is 5.65. The summed E-state index contributed by atoms with van der Waals surface area (Å²) in [6.07, 6.45) is 6.34. The van der Waals surface area contributed by atoms with Gasteiger partial charge in [0.25, 0.3) is 0 Å². The Kier molecular flexibility index (Phi) is 6.18. The molecule has 0 spiro atoms. The Labute approximate surface area is 194 Å². The van der Waals surface area contributed by atoms with Crippen LogP contribution < -0.4 is 10.6 Å². The van der Waals surface area contributed by atoms with E-state index >= 15 is 0 Å². The summed E-state index contributed by atoms with van der Waals surface area (Å²) in [5.41, 5.74) is 7.50. The first kappa shape index (κ1) is 22.3. The van der Waals surface area contributed by atoms with Crippen molar-refractivity contribution in [1.82, 2.24) is 5.32 Å². The molecule has 2 N–H and O–H groups in total. The maximum absolute atomic E-state index is 5.65. The predicted octanol–water partition coefficient (Wildman–Crippen LogP) is 7.12. The molecule has 0 bridgehead atoms. The van der Waals surface area contributed by atoms with Gasteiger partial charge in [-0.1, -0.05) is 64.4 Å². The monoisotopic (exact) mass is 434 g/mol. The fourth-order valence-corrected chi connectivity index (χ4v) is 6.58. The number of benzene rings is 2. The van der Waals surface area contributed by atoms with Gasteiger partial charge in [-0.3, -0.25) is 0 Å². The van der Waals surface area contributed by atoms with Crippen molar-refractivity contribution in [3.05, 3.63) is 64.7 Å². The second-order valence-electron chi connectivity index (χ2n) is 10.8. The third kappa shape index (κ3) is 4.39. The molecule has 1 saturated carbocycles. The van der Waals surface area contributed by atoms with E-state index in [0.717, 1.165) is 17.3 Å². The number of rotatable bonds is 4. The Morgan fingerprint density at radius 1 is 1.13 bits per heavy atom. The summed E-state index contributed by atoms with van der Waals surface area (Å²) in [6, 6.07) is 15.7. The SMILES string of the molecule is Cc1cccc(NC(=S)NC[C@]2(C)CCC[C@@]3(C)c4ccc(C(C)C)cc4CC[C@@H]23)c1. The molecule has 2 aromatic carbocycles. The quantitative estimate of drug-likeness (QED) is 0.501. The second kappa shape index (κ2) is 8.58. The fourth-order valence-electron chi connectivity index (χ4n) is 6.39. The van der Waals surface area contributed by atoms with Crippen molar-refractivity contribution in [2.45, 2.75) is 78.1 Å². The molecular formula is C28H38N2S. The number of aryl methyl sites for hydroxylation is 2. The van der Waals surface area contributed by atoms with Crippen LogP contribution in [0.3, 0.4) is 0 Å². The number of hydrogen-bond donors (Lipinski definition) is 2. The molecule has 0 amide bonds. The average molecular weight is 435 g/mol. The summed E-state index contributed by atoms with van der Waals surface area (Å²) >= 11 is 5.65. The van der Waals surface area contributed by atoms with Crippen LogP contribution in [0.4, 0.5) is 5.69 Å². The van der Waals surface area contributed by atoms with Crippen molar-refractivity contribution in [3.63, 3.8) is 0 Å². The van der Waals surface area contributed by atoms with Crippen molar-refractivity contribution in [2.24, 2.45) is 11.3 Å². The number of nitrogens with one attached hydrogen (secondary N) is 2. The average Bonchev–Trinajstić information content (AvgIpc) is 2.72. The minimum absolute atomic E-state index is 0.250. The van der Waals surface area contributed by atoms with Gasteiger partial charge in [0, 0.05) is 12.2 Å². The molecule has 166 valence electrons. The van der Waals surface area contributed by atoms with Gasteiger partial charge in [-0.25, -0.2) is 0 Å². The summed E-state index contributed by atoms with van der Waals surface area (Å²) in [7, 11) is 0. The summed E-state index contributed by atoms with van der Waals surface area (Å²) in [6.45, 7) is 12.7. The first-order chi connectivity index (χ1) is 14.7. The highest BCUT2D eigenvalue weighted by Gasteiger charge is 2.51. The van der Waals surface area contributed by atoms with Crippen molar-refractivity contribution < 1.29 is 0 Å². The molecule has 3 heteroatoms. The van der Waals surface area contributed by atoms with E-state index in [9.17, 15) is 0 Å². The van der Waals surface area contributed by atoms with E-state index in [1.54, 1.807) is 11.1 Å². The highest BCUT2D eigenvalue weighted by atomic mass is 32.1. The van der Waals surface area contributed by atoms with Gasteiger partial charge in [0.15, 0.2) is 5.11 Å². The van der Waals surface area contributed by atoms with Crippen molar-refractivity contribution in [1.29, 1.82) is 0 Å². The van der Waals surface area contributed by atoms with Crippen LogP contribution in [0.15, 0.2) is 42.5 Å². The summed E-state index contributed by atoms with van der Waals surface area (Å²) in [4.78, 5) is 0. The zero-order valence-electron chi connectivity index (χ0n) is 19.8. The Bertz CT molecular complexity index is 965. The van der Waals surface area contributed by atoms with Gasteiger partial charge >= 0.3 is 0 Å². The number of anilines is 1. The van der Waals surface area contributed by atoms with E-state index in [0.29, 0.717) is 11.8 Å². The van der Waals surface area contributed by atoms with Gasteiger partial charge in [-0.15, -0.1) is 0 Å². The van der Waals surface area contributed by atoms with Crippen LogP contribution >= 0.6 is 12.2 Å². The molecule has 2 aliphatic carbocycles. The number of thiocarbonyl (C=S) groups is 1. The van der Waals surface area contributed by atoms with Crippen LogP contribution in [0.25, 0.3) is 0 Å². The minimum atomic E-state index is 0.250. The molecule has 2 aliphatic rings. The Morgan fingerprint density at radius 3 is 2.68 bits per heavy atom. The minimum Gasteiger partial charge on any atom is -0.362 e. The van der Waals surface area contributed by atoms with Crippen LogP contribution in [-0.4, -0.2) is 11.7 Å². The second-order valence-corrected chi connectivity index (χ2v) is 11.2. The van der Waals surface area contributed by atoms with Gasteiger partial charge in [0.05, 0.1) is 0 Å². The van der Waals surface area contributed by atoms with E-state index in [1.165, 1.54) is 43.2 Å². The smallest absolute Gasteiger partial charge is 0.170 e. The van der Waals surface area contributed by atoms with Gasteiger partial charge in [-0.05, 0) is 102 Å². The van der Waals surface area contributed by atoms with Crippen molar-refractivity contribution in [3.8, 4) is 0 Å². The van der Waals surface area contributed by atoms with Gasteiger partial charge in [0.1, 0.15) is 0 Å². The third-order valence-electron chi connectivity index (χ3n) is 8.10. The van der Waals surface area contributed by atoms with E-state index in [1.807, 2.05) is 0 Å². The standard InChI is InChI=1S/C28H38N2S/c1-19(2)21-10-12-24-22(17-21)11-13-25-27(4,14-7-15-28(24,25)5)18-29-26(31)30-23-9-6-8-20(3)16-23/h6,8-10,12,16-17,19,25H,7,11,13-15,18H2,1-5H3,(H2,29,30,31)/t25-,27-,28-/m0/s1. The molecule has 2 nitrogen and oxygen atoms in total. The number of fused-ring (bicyclic) bond motifs is 3. The van der Waals surface area contributed by atoms with Gasteiger partial charge < -0.3 is 10.6 Å².